The van der Waals surface area contributed by atoms with Gasteiger partial charge in [0, 0.05) is 38.4 Å². The monoisotopic (exact) mass is 636 g/mol. The second kappa shape index (κ2) is 11.5. The van der Waals surface area contributed by atoms with Gasteiger partial charge in [-0.3, -0.25) is 0 Å². The Labute approximate surface area is 290 Å². The minimum atomic E-state index is 1.16. The summed E-state index contributed by atoms with van der Waals surface area (Å²) in [4.78, 5) is 0. The van der Waals surface area contributed by atoms with Crippen LogP contribution in [-0.4, -0.2) is 9.13 Å². The molecule has 0 aliphatic heterocycles. The summed E-state index contributed by atoms with van der Waals surface area (Å²) in [5.74, 6) is 0. The lowest BCUT2D eigenvalue weighted by molar-refractivity contribution is 1.18. The highest BCUT2D eigenvalue weighted by atomic mass is 15.0. The summed E-state index contributed by atoms with van der Waals surface area (Å²) in [5, 5.41) is 5.01. The van der Waals surface area contributed by atoms with Crippen LogP contribution >= 0.6 is 0 Å². The second-order valence-electron chi connectivity index (χ2n) is 12.9. The third-order valence-electron chi connectivity index (χ3n) is 10.1. The van der Waals surface area contributed by atoms with E-state index in [0.717, 1.165) is 5.69 Å². The van der Waals surface area contributed by atoms with Gasteiger partial charge in [0.25, 0.3) is 0 Å². The Morgan fingerprint density at radius 3 is 1.46 bits per heavy atom. The van der Waals surface area contributed by atoms with Crippen molar-refractivity contribution in [2.75, 3.05) is 0 Å². The van der Waals surface area contributed by atoms with Crippen molar-refractivity contribution in [2.24, 2.45) is 0 Å². The van der Waals surface area contributed by atoms with Gasteiger partial charge in [0.1, 0.15) is 0 Å². The molecule has 10 aromatic rings. The third kappa shape index (κ3) is 4.36. The van der Waals surface area contributed by atoms with Crippen LogP contribution in [0.3, 0.4) is 0 Å². The molecular weight excluding hydrogens is 605 g/mol. The smallest absolute Gasteiger partial charge is 0.0618 e. The maximum atomic E-state index is 2.50. The molecule has 2 heterocycles. The van der Waals surface area contributed by atoms with Crippen molar-refractivity contribution in [2.45, 2.75) is 0 Å². The molecule has 0 saturated carbocycles. The summed E-state index contributed by atoms with van der Waals surface area (Å²) in [5.41, 5.74) is 14.4. The van der Waals surface area contributed by atoms with Crippen LogP contribution in [0.5, 0.6) is 0 Å². The summed E-state index contributed by atoms with van der Waals surface area (Å²) in [7, 11) is 0. The molecule has 0 radical (unpaired) electrons. The SMILES string of the molecule is c1ccc(-c2cccc(-c3ccccc3)c2-n2c3ccccc3c3c(-c4ccc5c6ccccc6n(-c6ccccc6)c5c4)cccc32)cc1. The molecule has 0 bridgehead atoms. The van der Waals surface area contributed by atoms with Crippen molar-refractivity contribution in [3.63, 3.8) is 0 Å². The first kappa shape index (κ1) is 28.4. The normalized spacial score (nSPS) is 11.6. The molecule has 0 spiro atoms. The van der Waals surface area contributed by atoms with Crippen molar-refractivity contribution in [3.8, 4) is 44.8 Å². The van der Waals surface area contributed by atoms with E-state index in [1.165, 1.54) is 82.7 Å². The first-order valence-corrected chi connectivity index (χ1v) is 17.2. The van der Waals surface area contributed by atoms with Gasteiger partial charge >= 0.3 is 0 Å². The number of rotatable bonds is 5. The Hall–Kier alpha value is -6.64. The fraction of sp³-hybridized carbons (Fsp3) is 0. The molecular formula is C48H32N2. The highest BCUT2D eigenvalue weighted by molar-refractivity contribution is 6.18. The van der Waals surface area contributed by atoms with Gasteiger partial charge in [-0.15, -0.1) is 0 Å². The quantitative estimate of drug-likeness (QED) is 0.178. The van der Waals surface area contributed by atoms with E-state index in [4.69, 9.17) is 0 Å². The van der Waals surface area contributed by atoms with Crippen LogP contribution in [0.1, 0.15) is 0 Å². The van der Waals surface area contributed by atoms with Gasteiger partial charge in [0.2, 0.25) is 0 Å². The topological polar surface area (TPSA) is 9.86 Å². The number of hydrogen-bond acceptors (Lipinski definition) is 0. The predicted octanol–water partition coefficient (Wildman–Crippen LogP) is 12.9. The summed E-state index contributed by atoms with van der Waals surface area (Å²) in [6, 6.07) is 70.4. The van der Waals surface area contributed by atoms with Crippen LogP contribution in [-0.2, 0) is 0 Å². The average Bonchev–Trinajstić information content (AvgIpc) is 3.71. The predicted molar refractivity (Wildman–Crippen MR) is 211 cm³/mol. The van der Waals surface area contributed by atoms with E-state index in [2.05, 4.69) is 203 Å². The largest absolute Gasteiger partial charge is 0.309 e. The van der Waals surface area contributed by atoms with Crippen molar-refractivity contribution >= 4 is 43.6 Å². The van der Waals surface area contributed by atoms with Crippen molar-refractivity contribution in [1.29, 1.82) is 0 Å². The lowest BCUT2D eigenvalue weighted by atomic mass is 9.95. The zero-order chi connectivity index (χ0) is 33.0. The molecule has 0 aliphatic rings. The van der Waals surface area contributed by atoms with E-state index in [-0.39, 0.29) is 0 Å². The standard InChI is InChI=1S/C48H32N2/c1-4-16-33(17-5-1)38-25-14-26-39(34-18-6-2-7-19-34)48(38)50-44-28-13-11-23-42(44)47-37(24-15-29-45(47)50)35-30-31-41-40-22-10-12-27-43(40)49(46(41)32-35)36-20-8-3-9-21-36/h1-32H. The third-order valence-corrected chi connectivity index (χ3v) is 10.1. The molecule has 0 atom stereocenters. The Bertz CT molecular complexity index is 2780. The number of fused-ring (bicyclic) bond motifs is 6. The molecule has 2 aromatic heterocycles. The van der Waals surface area contributed by atoms with Crippen LogP contribution in [0.2, 0.25) is 0 Å². The van der Waals surface area contributed by atoms with Crippen LogP contribution in [0.15, 0.2) is 194 Å². The maximum absolute atomic E-state index is 2.50. The number of para-hydroxylation sites is 4. The Balaban J connectivity index is 1.29. The number of benzene rings is 8. The maximum Gasteiger partial charge on any atom is 0.0618 e. The van der Waals surface area contributed by atoms with E-state index in [1.54, 1.807) is 0 Å². The van der Waals surface area contributed by atoms with Gasteiger partial charge in [-0.1, -0.05) is 158 Å². The van der Waals surface area contributed by atoms with Gasteiger partial charge in [0.05, 0.1) is 27.8 Å². The Kier molecular flexibility index (Phi) is 6.53. The average molecular weight is 637 g/mol. The molecule has 0 aliphatic carbocycles. The Morgan fingerprint density at radius 1 is 0.280 bits per heavy atom. The summed E-state index contributed by atoms with van der Waals surface area (Å²) in [6.45, 7) is 0. The molecule has 0 fully saturated rings. The molecule has 0 amide bonds. The van der Waals surface area contributed by atoms with Gasteiger partial charge in [0.15, 0.2) is 0 Å². The molecule has 234 valence electrons. The van der Waals surface area contributed by atoms with E-state index < -0.39 is 0 Å². The van der Waals surface area contributed by atoms with E-state index >= 15 is 0 Å². The van der Waals surface area contributed by atoms with Crippen LogP contribution < -0.4 is 0 Å². The minimum absolute atomic E-state index is 1.16. The van der Waals surface area contributed by atoms with Crippen molar-refractivity contribution in [3.05, 3.63) is 194 Å². The zero-order valence-corrected chi connectivity index (χ0v) is 27.4. The first-order chi connectivity index (χ1) is 24.8. The van der Waals surface area contributed by atoms with E-state index in [1.807, 2.05) is 0 Å². The van der Waals surface area contributed by atoms with Gasteiger partial charge in [-0.05, 0) is 58.7 Å². The molecule has 0 saturated heterocycles. The fourth-order valence-electron chi connectivity index (χ4n) is 7.98. The highest BCUT2D eigenvalue weighted by Gasteiger charge is 2.22. The number of nitrogens with zero attached hydrogens (tertiary/aromatic N) is 2. The van der Waals surface area contributed by atoms with Gasteiger partial charge in [-0.25, -0.2) is 0 Å². The summed E-state index contributed by atoms with van der Waals surface area (Å²) in [6.07, 6.45) is 0. The lowest BCUT2D eigenvalue weighted by Crippen LogP contribution is -2.00. The minimum Gasteiger partial charge on any atom is -0.309 e. The second-order valence-corrected chi connectivity index (χ2v) is 12.9. The van der Waals surface area contributed by atoms with E-state index in [9.17, 15) is 0 Å². The lowest BCUT2D eigenvalue weighted by Gasteiger charge is -2.19. The zero-order valence-electron chi connectivity index (χ0n) is 27.4. The fourth-order valence-corrected chi connectivity index (χ4v) is 7.98. The van der Waals surface area contributed by atoms with Crippen LogP contribution in [0.25, 0.3) is 88.4 Å². The molecule has 0 N–H and O–H groups in total. The molecule has 10 rings (SSSR count). The van der Waals surface area contributed by atoms with Crippen LogP contribution in [0, 0.1) is 0 Å². The first-order valence-electron chi connectivity index (χ1n) is 17.2. The molecule has 8 aromatic carbocycles. The van der Waals surface area contributed by atoms with Crippen molar-refractivity contribution < 1.29 is 0 Å². The molecule has 2 heteroatoms. The van der Waals surface area contributed by atoms with Gasteiger partial charge < -0.3 is 9.13 Å². The number of aromatic nitrogens is 2. The molecule has 2 nitrogen and oxygen atoms in total. The summed E-state index contributed by atoms with van der Waals surface area (Å²) < 4.78 is 4.90. The summed E-state index contributed by atoms with van der Waals surface area (Å²) >= 11 is 0. The Morgan fingerprint density at radius 2 is 0.780 bits per heavy atom. The highest BCUT2D eigenvalue weighted by Crippen LogP contribution is 2.44. The van der Waals surface area contributed by atoms with Crippen molar-refractivity contribution in [1.82, 2.24) is 9.13 Å². The molecule has 50 heavy (non-hydrogen) atoms. The molecule has 0 unspecified atom stereocenters. The van der Waals surface area contributed by atoms with Crippen LogP contribution in [0.4, 0.5) is 0 Å². The van der Waals surface area contributed by atoms with Gasteiger partial charge in [-0.2, -0.15) is 0 Å². The number of hydrogen-bond donors (Lipinski definition) is 0. The van der Waals surface area contributed by atoms with E-state index in [0.29, 0.717) is 0 Å².